The fourth-order valence-corrected chi connectivity index (χ4v) is 3.59. The van der Waals surface area contributed by atoms with Gasteiger partial charge in [0.1, 0.15) is 11.4 Å². The van der Waals surface area contributed by atoms with Gasteiger partial charge < -0.3 is 4.74 Å². The Morgan fingerprint density at radius 3 is 2.30 bits per heavy atom. The standard InChI is InChI=1S/C20H20FNO4S/c1-4-18(20(23)26-5-2)19(15-8-10-16(21)11-9-15)22-27(24,25)17-12-6-14(3)7-13-17/h6-13,19,22H,1,5H2,2-3H3. The maximum atomic E-state index is 13.3. The van der Waals surface area contributed by atoms with Gasteiger partial charge in [0, 0.05) is 0 Å². The number of carbonyl (C=O) groups excluding carboxylic acids is 1. The lowest BCUT2D eigenvalue weighted by molar-refractivity contribution is -0.138. The fraction of sp³-hybridized carbons (Fsp3) is 0.200. The summed E-state index contributed by atoms with van der Waals surface area (Å²) < 4.78 is 46.3. The molecular formula is C20H20FNO4S. The minimum Gasteiger partial charge on any atom is -0.462 e. The molecule has 0 heterocycles. The molecule has 0 spiro atoms. The lowest BCUT2D eigenvalue weighted by atomic mass is 10.0. The summed E-state index contributed by atoms with van der Waals surface area (Å²) in [6, 6.07) is 10.2. The normalized spacial score (nSPS) is 12.1. The molecule has 2 aromatic rings. The van der Waals surface area contributed by atoms with Gasteiger partial charge in [0.05, 0.1) is 17.5 Å². The summed E-state index contributed by atoms with van der Waals surface area (Å²) in [6.07, 6.45) is 0. The molecule has 5 nitrogen and oxygen atoms in total. The minimum absolute atomic E-state index is 0.0347. The van der Waals surface area contributed by atoms with E-state index < -0.39 is 27.9 Å². The molecule has 1 unspecified atom stereocenters. The van der Waals surface area contributed by atoms with E-state index in [1.54, 1.807) is 19.1 Å². The Labute approximate surface area is 158 Å². The Balaban J connectivity index is 2.49. The number of ether oxygens (including phenoxy) is 1. The van der Waals surface area contributed by atoms with Crippen molar-refractivity contribution in [3.63, 3.8) is 0 Å². The molecule has 0 saturated heterocycles. The molecule has 2 aromatic carbocycles. The lowest BCUT2D eigenvalue weighted by Gasteiger charge is -2.20. The van der Waals surface area contributed by atoms with Crippen molar-refractivity contribution in [2.45, 2.75) is 24.8 Å². The smallest absolute Gasteiger partial charge is 0.343 e. The fourth-order valence-electron chi connectivity index (χ4n) is 2.39. The summed E-state index contributed by atoms with van der Waals surface area (Å²) in [5.74, 6) is -1.24. The summed E-state index contributed by atoms with van der Waals surface area (Å²) in [5, 5.41) is 0. The van der Waals surface area contributed by atoms with Crippen LogP contribution in [0.4, 0.5) is 4.39 Å². The predicted molar refractivity (Wildman–Crippen MR) is 99.9 cm³/mol. The number of aryl methyl sites for hydroxylation is 1. The van der Waals surface area contributed by atoms with Crippen LogP contribution in [0.5, 0.6) is 0 Å². The van der Waals surface area contributed by atoms with E-state index in [4.69, 9.17) is 4.74 Å². The second-order valence-electron chi connectivity index (χ2n) is 5.73. The van der Waals surface area contributed by atoms with Crippen molar-refractivity contribution in [3.8, 4) is 0 Å². The third-order valence-corrected chi connectivity index (χ3v) is 5.22. The zero-order valence-corrected chi connectivity index (χ0v) is 15.8. The van der Waals surface area contributed by atoms with E-state index >= 15 is 0 Å². The van der Waals surface area contributed by atoms with Crippen molar-refractivity contribution < 1.29 is 22.3 Å². The van der Waals surface area contributed by atoms with E-state index in [1.807, 2.05) is 6.92 Å². The summed E-state index contributed by atoms with van der Waals surface area (Å²) in [5.41, 5.74) is 3.60. The number of carbonyl (C=O) groups is 1. The number of hydrogen-bond donors (Lipinski definition) is 1. The van der Waals surface area contributed by atoms with Gasteiger partial charge in [-0.3, -0.25) is 0 Å². The number of rotatable bonds is 7. The third-order valence-electron chi connectivity index (χ3n) is 3.78. The van der Waals surface area contributed by atoms with Crippen LogP contribution < -0.4 is 4.72 Å². The highest BCUT2D eigenvalue weighted by molar-refractivity contribution is 7.89. The first-order valence-electron chi connectivity index (χ1n) is 8.20. The largest absolute Gasteiger partial charge is 0.462 e. The van der Waals surface area contributed by atoms with E-state index in [0.717, 1.165) is 5.56 Å². The van der Waals surface area contributed by atoms with Gasteiger partial charge in [-0.15, -0.1) is 5.73 Å². The summed E-state index contributed by atoms with van der Waals surface area (Å²) in [7, 11) is -3.98. The van der Waals surface area contributed by atoms with E-state index in [1.165, 1.54) is 36.4 Å². The molecule has 27 heavy (non-hydrogen) atoms. The molecule has 0 fully saturated rings. The van der Waals surface area contributed by atoms with Crippen molar-refractivity contribution in [2.24, 2.45) is 0 Å². The van der Waals surface area contributed by atoms with Crippen LogP contribution in [-0.2, 0) is 19.6 Å². The molecule has 0 aliphatic heterocycles. The van der Waals surface area contributed by atoms with Crippen LogP contribution in [0.25, 0.3) is 0 Å². The van der Waals surface area contributed by atoms with Crippen LogP contribution in [0, 0.1) is 12.7 Å². The van der Waals surface area contributed by atoms with Crippen molar-refractivity contribution in [3.05, 3.63) is 83.4 Å². The van der Waals surface area contributed by atoms with E-state index in [2.05, 4.69) is 17.0 Å². The van der Waals surface area contributed by atoms with Gasteiger partial charge in [0.2, 0.25) is 10.0 Å². The van der Waals surface area contributed by atoms with Crippen LogP contribution in [-0.4, -0.2) is 21.0 Å². The molecule has 142 valence electrons. The van der Waals surface area contributed by atoms with Crippen LogP contribution >= 0.6 is 0 Å². The Morgan fingerprint density at radius 1 is 1.19 bits per heavy atom. The second-order valence-corrected chi connectivity index (χ2v) is 7.44. The van der Waals surface area contributed by atoms with E-state index in [9.17, 15) is 17.6 Å². The van der Waals surface area contributed by atoms with E-state index in [-0.39, 0.29) is 17.1 Å². The summed E-state index contributed by atoms with van der Waals surface area (Å²) in [6.45, 7) is 7.04. The number of nitrogens with one attached hydrogen (secondary N) is 1. The summed E-state index contributed by atoms with van der Waals surface area (Å²) in [4.78, 5) is 12.3. The molecule has 1 N–H and O–H groups in total. The van der Waals surface area contributed by atoms with Crippen molar-refractivity contribution in [2.75, 3.05) is 6.61 Å². The first-order chi connectivity index (χ1) is 12.8. The van der Waals surface area contributed by atoms with Gasteiger partial charge >= 0.3 is 5.97 Å². The predicted octanol–water partition coefficient (Wildman–Crippen LogP) is 3.43. The SMILES string of the molecule is C=C=C(C(=O)OCC)C(NS(=O)(=O)c1ccc(C)cc1)c1ccc(F)cc1. The summed E-state index contributed by atoms with van der Waals surface area (Å²) >= 11 is 0. The molecule has 1 atom stereocenters. The topological polar surface area (TPSA) is 72.5 Å². The van der Waals surface area contributed by atoms with Crippen molar-refractivity contribution in [1.82, 2.24) is 4.72 Å². The van der Waals surface area contributed by atoms with Gasteiger partial charge in [-0.2, -0.15) is 4.72 Å². The first-order valence-corrected chi connectivity index (χ1v) is 9.68. The number of halogens is 1. The molecule has 2 rings (SSSR count). The van der Waals surface area contributed by atoms with Gasteiger partial charge in [-0.05, 0) is 43.7 Å². The van der Waals surface area contributed by atoms with Gasteiger partial charge in [0.25, 0.3) is 0 Å². The molecule has 0 bridgehead atoms. The van der Waals surface area contributed by atoms with E-state index in [0.29, 0.717) is 5.56 Å². The monoisotopic (exact) mass is 389 g/mol. The van der Waals surface area contributed by atoms with Crippen molar-refractivity contribution >= 4 is 16.0 Å². The first kappa shape index (κ1) is 20.6. The highest BCUT2D eigenvalue weighted by atomic mass is 32.2. The Kier molecular flexibility index (Phi) is 6.69. The maximum absolute atomic E-state index is 13.3. The Morgan fingerprint density at radius 2 is 1.78 bits per heavy atom. The van der Waals surface area contributed by atoms with Crippen LogP contribution in [0.3, 0.4) is 0 Å². The highest BCUT2D eigenvalue weighted by Gasteiger charge is 2.29. The number of esters is 1. The van der Waals surface area contributed by atoms with Crippen LogP contribution in [0.2, 0.25) is 0 Å². The average Bonchev–Trinajstić information content (AvgIpc) is 2.63. The molecule has 7 heteroatoms. The zero-order valence-electron chi connectivity index (χ0n) is 15.0. The third kappa shape index (κ3) is 5.14. The highest BCUT2D eigenvalue weighted by Crippen LogP contribution is 2.25. The number of hydrogen-bond acceptors (Lipinski definition) is 4. The van der Waals surface area contributed by atoms with Gasteiger partial charge in [-0.25, -0.2) is 17.6 Å². The zero-order chi connectivity index (χ0) is 20.0. The Hall–Kier alpha value is -2.73. The molecule has 0 aliphatic rings. The number of benzene rings is 2. The maximum Gasteiger partial charge on any atom is 0.343 e. The quantitative estimate of drug-likeness (QED) is 0.447. The van der Waals surface area contributed by atoms with Crippen LogP contribution in [0.15, 0.2) is 71.3 Å². The Bertz CT molecular complexity index is 960. The molecule has 0 aliphatic carbocycles. The molecule has 0 aromatic heterocycles. The second kappa shape index (κ2) is 8.77. The van der Waals surface area contributed by atoms with Crippen LogP contribution in [0.1, 0.15) is 24.1 Å². The van der Waals surface area contributed by atoms with Gasteiger partial charge in [0.15, 0.2) is 0 Å². The molecule has 0 saturated carbocycles. The minimum atomic E-state index is -3.98. The molecular weight excluding hydrogens is 369 g/mol. The van der Waals surface area contributed by atoms with Gasteiger partial charge in [-0.1, -0.05) is 36.4 Å². The number of sulfonamides is 1. The average molecular weight is 389 g/mol. The molecule has 0 radical (unpaired) electrons. The van der Waals surface area contributed by atoms with Crippen molar-refractivity contribution in [1.29, 1.82) is 0 Å². The lowest BCUT2D eigenvalue weighted by Crippen LogP contribution is -2.32. The molecule has 0 amide bonds.